The topological polar surface area (TPSA) is 72.2 Å². The maximum Gasteiger partial charge on any atom is 0.259 e. The van der Waals surface area contributed by atoms with Gasteiger partial charge in [0, 0.05) is 31.5 Å². The van der Waals surface area contributed by atoms with Crippen LogP contribution in [0, 0.1) is 5.92 Å². The zero-order chi connectivity index (χ0) is 21.8. The van der Waals surface area contributed by atoms with Crippen molar-refractivity contribution in [1.29, 1.82) is 0 Å². The smallest absolute Gasteiger partial charge is 0.259 e. The molecule has 0 radical (unpaired) electrons. The molecule has 31 heavy (non-hydrogen) atoms. The number of aromatic nitrogens is 3. The van der Waals surface area contributed by atoms with E-state index in [0.717, 1.165) is 24.9 Å². The number of hydrogen-bond acceptors (Lipinski definition) is 3. The van der Waals surface area contributed by atoms with Gasteiger partial charge in [-0.2, -0.15) is 5.10 Å². The predicted molar refractivity (Wildman–Crippen MR) is 119 cm³/mol. The number of nitrogens with zero attached hydrogens (tertiary/aromatic N) is 4. The Kier molecular flexibility index (Phi) is 6.21. The van der Waals surface area contributed by atoms with Crippen LogP contribution in [0.15, 0.2) is 61.1 Å². The summed E-state index contributed by atoms with van der Waals surface area (Å²) in [4.78, 5) is 28.0. The number of nitrogens with one attached hydrogen (secondary N) is 1. The van der Waals surface area contributed by atoms with Gasteiger partial charge in [-0.05, 0) is 50.5 Å². The third-order valence-electron chi connectivity index (χ3n) is 5.90. The van der Waals surface area contributed by atoms with E-state index in [4.69, 9.17) is 0 Å². The summed E-state index contributed by atoms with van der Waals surface area (Å²) in [6.45, 7) is 5.14. The van der Waals surface area contributed by atoms with Crippen LogP contribution in [0.2, 0.25) is 0 Å². The van der Waals surface area contributed by atoms with Crippen molar-refractivity contribution in [2.45, 2.75) is 39.2 Å². The SMILES string of the molecule is CC[C@@H](C)NC(=O)[C@@H]1CCCN(C(=O)c2cnn(-c3ccccc3)c2-n2cccc2)C1. The minimum Gasteiger partial charge on any atom is -0.353 e. The molecule has 0 bridgehead atoms. The summed E-state index contributed by atoms with van der Waals surface area (Å²) in [5.74, 6) is 0.475. The average molecular weight is 420 g/mol. The molecule has 4 rings (SSSR count). The lowest BCUT2D eigenvalue weighted by Crippen LogP contribution is -2.47. The molecule has 2 atom stereocenters. The highest BCUT2D eigenvalue weighted by molar-refractivity contribution is 5.97. The van der Waals surface area contributed by atoms with Crippen molar-refractivity contribution in [2.75, 3.05) is 13.1 Å². The molecular formula is C24H29N5O2. The summed E-state index contributed by atoms with van der Waals surface area (Å²) in [6, 6.07) is 13.8. The van der Waals surface area contributed by atoms with Crippen LogP contribution in [0.3, 0.4) is 0 Å². The zero-order valence-electron chi connectivity index (χ0n) is 18.1. The standard InChI is InChI=1S/C24H29N5O2/c1-3-18(2)26-22(30)19-10-9-15-28(17-19)24(31)21-16-25-29(20-11-5-4-6-12-20)23(21)27-13-7-8-14-27/h4-8,11-14,16,18-19H,3,9-10,15,17H2,1-2H3,(H,26,30)/t18-,19-/m1/s1. The highest BCUT2D eigenvalue weighted by atomic mass is 16.2. The van der Waals surface area contributed by atoms with Gasteiger partial charge >= 0.3 is 0 Å². The molecule has 3 heterocycles. The Hall–Kier alpha value is -3.35. The molecule has 0 unspecified atom stereocenters. The lowest BCUT2D eigenvalue weighted by atomic mass is 9.96. The molecule has 162 valence electrons. The Labute approximate surface area is 182 Å². The quantitative estimate of drug-likeness (QED) is 0.665. The Balaban J connectivity index is 1.61. The summed E-state index contributed by atoms with van der Waals surface area (Å²) < 4.78 is 3.69. The van der Waals surface area contributed by atoms with E-state index in [1.807, 2.05) is 66.3 Å². The van der Waals surface area contributed by atoms with Gasteiger partial charge in [-0.3, -0.25) is 9.59 Å². The highest BCUT2D eigenvalue weighted by Gasteiger charge is 2.31. The molecule has 7 heteroatoms. The minimum absolute atomic E-state index is 0.0393. The molecule has 2 amide bonds. The fourth-order valence-electron chi connectivity index (χ4n) is 3.98. The zero-order valence-corrected chi connectivity index (χ0v) is 18.1. The minimum atomic E-state index is -0.175. The molecule has 1 N–H and O–H groups in total. The van der Waals surface area contributed by atoms with Gasteiger partial charge in [-0.15, -0.1) is 0 Å². The molecule has 2 aromatic heterocycles. The Morgan fingerprint density at radius 2 is 1.90 bits per heavy atom. The predicted octanol–water partition coefficient (Wildman–Crippen LogP) is 3.43. The first kappa shape index (κ1) is 20.9. The number of amides is 2. The maximum atomic E-state index is 13.5. The van der Waals surface area contributed by atoms with E-state index >= 15 is 0 Å². The summed E-state index contributed by atoms with van der Waals surface area (Å²) >= 11 is 0. The van der Waals surface area contributed by atoms with Crippen LogP contribution in [-0.2, 0) is 4.79 Å². The third-order valence-corrected chi connectivity index (χ3v) is 5.90. The van der Waals surface area contributed by atoms with E-state index < -0.39 is 0 Å². The summed E-state index contributed by atoms with van der Waals surface area (Å²) in [7, 11) is 0. The molecule has 0 spiro atoms. The van der Waals surface area contributed by atoms with Gasteiger partial charge < -0.3 is 14.8 Å². The van der Waals surface area contributed by atoms with Gasteiger partial charge in [0.05, 0.1) is 17.8 Å². The van der Waals surface area contributed by atoms with Crippen LogP contribution in [0.4, 0.5) is 0 Å². The molecular weight excluding hydrogens is 390 g/mol. The summed E-state index contributed by atoms with van der Waals surface area (Å²) in [5.41, 5.74) is 1.41. The second-order valence-electron chi connectivity index (χ2n) is 8.13. The molecule has 7 nitrogen and oxygen atoms in total. The Bertz CT molecular complexity index is 1030. The van der Waals surface area contributed by atoms with Crippen molar-refractivity contribution in [1.82, 2.24) is 24.6 Å². The first-order valence-electron chi connectivity index (χ1n) is 10.9. The van der Waals surface area contributed by atoms with Crippen LogP contribution < -0.4 is 5.32 Å². The molecule has 1 aromatic carbocycles. The van der Waals surface area contributed by atoms with Crippen molar-refractivity contribution in [3.63, 3.8) is 0 Å². The second-order valence-corrected chi connectivity index (χ2v) is 8.13. The molecule has 0 saturated carbocycles. The monoisotopic (exact) mass is 419 g/mol. The fourth-order valence-corrected chi connectivity index (χ4v) is 3.98. The number of rotatable bonds is 6. The van der Waals surface area contributed by atoms with Gasteiger partial charge in [0.25, 0.3) is 5.91 Å². The average Bonchev–Trinajstić information content (AvgIpc) is 3.49. The van der Waals surface area contributed by atoms with Crippen LogP contribution in [-0.4, -0.2) is 50.2 Å². The van der Waals surface area contributed by atoms with Crippen LogP contribution in [0.1, 0.15) is 43.5 Å². The number of benzene rings is 1. The number of likely N-dealkylation sites (tertiary alicyclic amines) is 1. The van der Waals surface area contributed by atoms with E-state index in [-0.39, 0.29) is 23.8 Å². The van der Waals surface area contributed by atoms with Crippen LogP contribution in [0.25, 0.3) is 11.5 Å². The molecule has 0 aliphatic carbocycles. The van der Waals surface area contributed by atoms with E-state index in [1.54, 1.807) is 15.8 Å². The Morgan fingerprint density at radius 3 is 2.61 bits per heavy atom. The summed E-state index contributed by atoms with van der Waals surface area (Å²) in [5, 5.41) is 7.59. The number of piperidine rings is 1. The van der Waals surface area contributed by atoms with Gasteiger partial charge in [0.15, 0.2) is 5.82 Å². The second kappa shape index (κ2) is 9.20. The van der Waals surface area contributed by atoms with Crippen molar-refractivity contribution < 1.29 is 9.59 Å². The lowest BCUT2D eigenvalue weighted by Gasteiger charge is -2.32. The van der Waals surface area contributed by atoms with E-state index in [1.165, 1.54) is 0 Å². The van der Waals surface area contributed by atoms with Gasteiger partial charge in [0.1, 0.15) is 5.56 Å². The van der Waals surface area contributed by atoms with Crippen LogP contribution in [0.5, 0.6) is 0 Å². The molecule has 1 fully saturated rings. The largest absolute Gasteiger partial charge is 0.353 e. The van der Waals surface area contributed by atoms with E-state index in [9.17, 15) is 9.59 Å². The van der Waals surface area contributed by atoms with Gasteiger partial charge in [-0.1, -0.05) is 25.1 Å². The van der Waals surface area contributed by atoms with Gasteiger partial charge in [-0.25, -0.2) is 4.68 Å². The molecule has 1 saturated heterocycles. The normalized spacial score (nSPS) is 17.4. The van der Waals surface area contributed by atoms with Crippen molar-refractivity contribution >= 4 is 11.8 Å². The van der Waals surface area contributed by atoms with Crippen molar-refractivity contribution in [2.24, 2.45) is 5.92 Å². The van der Waals surface area contributed by atoms with Gasteiger partial charge in [0.2, 0.25) is 5.91 Å². The highest BCUT2D eigenvalue weighted by Crippen LogP contribution is 2.24. The molecule has 1 aliphatic rings. The van der Waals surface area contributed by atoms with Crippen molar-refractivity contribution in [3.05, 3.63) is 66.6 Å². The number of carbonyl (C=O) groups excluding carboxylic acids is 2. The number of carbonyl (C=O) groups is 2. The fraction of sp³-hybridized carbons (Fsp3) is 0.375. The maximum absolute atomic E-state index is 13.5. The van der Waals surface area contributed by atoms with Crippen LogP contribution >= 0.6 is 0 Å². The number of para-hydroxylation sites is 1. The first-order chi connectivity index (χ1) is 15.1. The Morgan fingerprint density at radius 1 is 1.16 bits per heavy atom. The summed E-state index contributed by atoms with van der Waals surface area (Å²) in [6.07, 6.45) is 7.96. The lowest BCUT2D eigenvalue weighted by molar-refractivity contribution is -0.126. The number of hydrogen-bond donors (Lipinski definition) is 1. The van der Waals surface area contributed by atoms with Crippen molar-refractivity contribution in [3.8, 4) is 11.5 Å². The molecule has 1 aliphatic heterocycles. The third kappa shape index (κ3) is 4.40. The van der Waals surface area contributed by atoms with E-state index in [0.29, 0.717) is 24.5 Å². The van der Waals surface area contributed by atoms with E-state index in [2.05, 4.69) is 17.3 Å². The molecule has 3 aromatic rings. The first-order valence-corrected chi connectivity index (χ1v) is 10.9.